The first-order valence-corrected chi connectivity index (χ1v) is 4.28. The van der Waals surface area contributed by atoms with Crippen molar-refractivity contribution in [3.63, 3.8) is 0 Å². The summed E-state index contributed by atoms with van der Waals surface area (Å²) in [6.45, 7) is 1.65. The monoisotopic (exact) mass is 192 g/mol. The van der Waals surface area contributed by atoms with E-state index in [0.29, 0.717) is 0 Å². The van der Waals surface area contributed by atoms with Crippen molar-refractivity contribution >= 4 is 17.8 Å². The Morgan fingerprint density at radius 3 is 2.86 bits per heavy atom. The molecule has 1 aromatic rings. The third-order valence-corrected chi connectivity index (χ3v) is 1.43. The second kappa shape index (κ2) is 5.75. The molecular formula is C10H12N2O2. The molecule has 0 heterocycles. The molecule has 0 aliphatic heterocycles. The number of rotatable bonds is 4. The molecule has 1 aromatic carbocycles. The first kappa shape index (κ1) is 10.2. The van der Waals surface area contributed by atoms with Gasteiger partial charge in [-0.25, -0.2) is 0 Å². The van der Waals surface area contributed by atoms with Gasteiger partial charge in [0.15, 0.2) is 6.61 Å². The Balaban J connectivity index is 2.34. The maximum absolute atomic E-state index is 11.2. The number of para-hydroxylation sites is 1. The number of benzene rings is 1. The topological polar surface area (TPSA) is 50.7 Å². The molecule has 4 heteroatoms. The molecule has 1 amide bonds. The van der Waals surface area contributed by atoms with Crippen molar-refractivity contribution < 1.29 is 9.63 Å². The summed E-state index contributed by atoms with van der Waals surface area (Å²) >= 11 is 0. The van der Waals surface area contributed by atoms with Crippen molar-refractivity contribution in [2.75, 3.05) is 11.9 Å². The lowest BCUT2D eigenvalue weighted by molar-refractivity contribution is -0.120. The fourth-order valence-corrected chi connectivity index (χ4v) is 0.889. The van der Waals surface area contributed by atoms with Gasteiger partial charge < -0.3 is 10.2 Å². The van der Waals surface area contributed by atoms with Crippen LogP contribution in [0.3, 0.4) is 0 Å². The lowest BCUT2D eigenvalue weighted by Crippen LogP contribution is -2.16. The van der Waals surface area contributed by atoms with Gasteiger partial charge in [0.05, 0.1) is 0 Å². The minimum atomic E-state index is -0.221. The Hall–Kier alpha value is -1.84. The van der Waals surface area contributed by atoms with Gasteiger partial charge in [-0.2, -0.15) is 0 Å². The molecule has 1 N–H and O–H groups in total. The summed E-state index contributed by atoms with van der Waals surface area (Å²) in [5, 5.41) is 6.13. The maximum Gasteiger partial charge on any atom is 0.265 e. The van der Waals surface area contributed by atoms with E-state index in [2.05, 4.69) is 15.3 Å². The lowest BCUT2D eigenvalue weighted by Gasteiger charge is -2.02. The Morgan fingerprint density at radius 1 is 1.50 bits per heavy atom. The quantitative estimate of drug-likeness (QED) is 0.582. The molecule has 0 saturated carbocycles. The van der Waals surface area contributed by atoms with E-state index in [9.17, 15) is 4.79 Å². The minimum Gasteiger partial charge on any atom is -0.386 e. The molecule has 4 nitrogen and oxygen atoms in total. The largest absolute Gasteiger partial charge is 0.386 e. The predicted octanol–water partition coefficient (Wildman–Crippen LogP) is 1.65. The third-order valence-electron chi connectivity index (χ3n) is 1.43. The van der Waals surface area contributed by atoms with Crippen LogP contribution in [0.25, 0.3) is 0 Å². The SMILES string of the molecule is C/C=N/OCC(=O)Nc1ccccc1. The number of nitrogens with zero attached hydrogens (tertiary/aromatic N) is 1. The first-order valence-electron chi connectivity index (χ1n) is 4.28. The van der Waals surface area contributed by atoms with E-state index in [4.69, 9.17) is 0 Å². The number of anilines is 1. The average molecular weight is 192 g/mol. The molecule has 14 heavy (non-hydrogen) atoms. The van der Waals surface area contributed by atoms with Crippen LogP contribution in [0.1, 0.15) is 6.92 Å². The number of carbonyl (C=O) groups excluding carboxylic acids is 1. The van der Waals surface area contributed by atoms with Crippen LogP contribution in [0.4, 0.5) is 5.69 Å². The van der Waals surface area contributed by atoms with Gasteiger partial charge in [0.1, 0.15) is 0 Å². The van der Waals surface area contributed by atoms with E-state index in [-0.39, 0.29) is 12.5 Å². The molecular weight excluding hydrogens is 180 g/mol. The van der Waals surface area contributed by atoms with Gasteiger partial charge in [-0.3, -0.25) is 4.79 Å². The molecule has 0 aliphatic carbocycles. The summed E-state index contributed by atoms with van der Waals surface area (Å²) < 4.78 is 0. The summed E-state index contributed by atoms with van der Waals surface area (Å²) in [7, 11) is 0. The van der Waals surface area contributed by atoms with Gasteiger partial charge in [0, 0.05) is 11.9 Å². The highest BCUT2D eigenvalue weighted by Crippen LogP contribution is 2.04. The highest BCUT2D eigenvalue weighted by molar-refractivity contribution is 5.91. The van der Waals surface area contributed by atoms with E-state index >= 15 is 0 Å². The zero-order valence-electron chi connectivity index (χ0n) is 7.93. The fraction of sp³-hybridized carbons (Fsp3) is 0.200. The Bertz CT molecular complexity index is 309. The molecule has 74 valence electrons. The predicted molar refractivity (Wildman–Crippen MR) is 55.2 cm³/mol. The van der Waals surface area contributed by atoms with Gasteiger partial charge in [0.2, 0.25) is 0 Å². The van der Waals surface area contributed by atoms with Gasteiger partial charge in [-0.05, 0) is 19.1 Å². The summed E-state index contributed by atoms with van der Waals surface area (Å²) in [6, 6.07) is 9.19. The molecule has 0 aliphatic rings. The molecule has 0 spiro atoms. The second-order valence-corrected chi connectivity index (χ2v) is 2.55. The van der Waals surface area contributed by atoms with Crippen molar-refractivity contribution in [1.29, 1.82) is 0 Å². The number of hydrogen-bond donors (Lipinski definition) is 1. The zero-order chi connectivity index (χ0) is 10.2. The van der Waals surface area contributed by atoms with Gasteiger partial charge in [-0.1, -0.05) is 23.4 Å². The van der Waals surface area contributed by atoms with Crippen LogP contribution >= 0.6 is 0 Å². The number of oxime groups is 1. The molecule has 0 unspecified atom stereocenters. The minimum absolute atomic E-state index is 0.0702. The van der Waals surface area contributed by atoms with E-state index in [1.54, 1.807) is 19.1 Å². The van der Waals surface area contributed by atoms with E-state index in [1.807, 2.05) is 18.2 Å². The van der Waals surface area contributed by atoms with E-state index < -0.39 is 0 Å². The van der Waals surface area contributed by atoms with Gasteiger partial charge in [-0.15, -0.1) is 0 Å². The Kier molecular flexibility index (Phi) is 4.20. The lowest BCUT2D eigenvalue weighted by atomic mass is 10.3. The van der Waals surface area contributed by atoms with Crippen LogP contribution in [-0.2, 0) is 9.63 Å². The Morgan fingerprint density at radius 2 is 2.21 bits per heavy atom. The molecule has 0 radical (unpaired) electrons. The smallest absolute Gasteiger partial charge is 0.265 e. The second-order valence-electron chi connectivity index (χ2n) is 2.55. The molecule has 1 rings (SSSR count). The standard InChI is InChI=1S/C10H12N2O2/c1-2-11-14-8-10(13)12-9-6-4-3-5-7-9/h2-7H,8H2,1H3,(H,12,13)/b11-2+. The van der Waals surface area contributed by atoms with Crippen LogP contribution in [0.2, 0.25) is 0 Å². The van der Waals surface area contributed by atoms with Crippen LogP contribution < -0.4 is 5.32 Å². The first-order chi connectivity index (χ1) is 6.83. The van der Waals surface area contributed by atoms with Crippen LogP contribution in [0.15, 0.2) is 35.5 Å². The summed E-state index contributed by atoms with van der Waals surface area (Å²) in [6.07, 6.45) is 1.48. The normalized spacial score (nSPS) is 10.1. The van der Waals surface area contributed by atoms with Gasteiger partial charge in [0.25, 0.3) is 5.91 Å². The number of amides is 1. The van der Waals surface area contributed by atoms with Gasteiger partial charge >= 0.3 is 0 Å². The maximum atomic E-state index is 11.2. The number of nitrogens with one attached hydrogen (secondary N) is 1. The van der Waals surface area contributed by atoms with Crippen molar-refractivity contribution in [2.24, 2.45) is 5.16 Å². The summed E-state index contributed by atoms with van der Waals surface area (Å²) in [4.78, 5) is 15.9. The molecule has 0 atom stereocenters. The Labute approximate surface area is 82.6 Å². The number of carbonyl (C=O) groups is 1. The molecule has 0 aromatic heterocycles. The van der Waals surface area contributed by atoms with Crippen molar-refractivity contribution in [3.05, 3.63) is 30.3 Å². The van der Waals surface area contributed by atoms with Crippen LogP contribution in [-0.4, -0.2) is 18.7 Å². The van der Waals surface area contributed by atoms with E-state index in [1.165, 1.54) is 6.21 Å². The van der Waals surface area contributed by atoms with E-state index in [0.717, 1.165) is 5.69 Å². The zero-order valence-corrected chi connectivity index (χ0v) is 7.93. The summed E-state index contributed by atoms with van der Waals surface area (Å²) in [5.74, 6) is -0.221. The third kappa shape index (κ3) is 3.71. The fourth-order valence-electron chi connectivity index (χ4n) is 0.889. The number of hydrogen-bond acceptors (Lipinski definition) is 3. The average Bonchev–Trinajstić information content (AvgIpc) is 2.20. The highest BCUT2D eigenvalue weighted by Gasteiger charge is 2.00. The highest BCUT2D eigenvalue weighted by atomic mass is 16.6. The summed E-state index contributed by atoms with van der Waals surface area (Å²) in [5.41, 5.74) is 0.751. The van der Waals surface area contributed by atoms with Crippen molar-refractivity contribution in [1.82, 2.24) is 0 Å². The molecule has 0 bridgehead atoms. The molecule has 0 fully saturated rings. The van der Waals surface area contributed by atoms with Crippen molar-refractivity contribution in [2.45, 2.75) is 6.92 Å². The van der Waals surface area contributed by atoms with Crippen LogP contribution in [0.5, 0.6) is 0 Å². The van der Waals surface area contributed by atoms with Crippen LogP contribution in [0, 0.1) is 0 Å². The molecule has 0 saturated heterocycles. The van der Waals surface area contributed by atoms with Crippen molar-refractivity contribution in [3.8, 4) is 0 Å².